The minimum absolute atomic E-state index is 0.287. The van der Waals surface area contributed by atoms with Crippen LogP contribution in [0.4, 0.5) is 5.69 Å². The number of amidine groups is 1. The van der Waals surface area contributed by atoms with Crippen LogP contribution >= 0.6 is 0 Å². The molecule has 2 aliphatic rings. The van der Waals surface area contributed by atoms with Crippen LogP contribution in [0.15, 0.2) is 41.4 Å². The summed E-state index contributed by atoms with van der Waals surface area (Å²) in [6.07, 6.45) is 3.10. The minimum atomic E-state index is -0.406. The van der Waals surface area contributed by atoms with Crippen LogP contribution in [0.5, 0.6) is 0 Å². The van der Waals surface area contributed by atoms with E-state index in [2.05, 4.69) is 48.3 Å². The van der Waals surface area contributed by atoms with Crippen molar-refractivity contribution in [3.05, 3.63) is 53.1 Å². The molecule has 0 aromatic heterocycles. The van der Waals surface area contributed by atoms with Crippen LogP contribution in [0.3, 0.4) is 0 Å². The van der Waals surface area contributed by atoms with Crippen molar-refractivity contribution in [3.63, 3.8) is 0 Å². The summed E-state index contributed by atoms with van der Waals surface area (Å²) in [5.74, 6) is 0.923. The second-order valence-electron chi connectivity index (χ2n) is 7.05. The smallest absolute Gasteiger partial charge is 0.136 e. The largest absolute Gasteiger partial charge is 0.398 e. The predicted octanol–water partition coefficient (Wildman–Crippen LogP) is 2.81. The van der Waals surface area contributed by atoms with Crippen LogP contribution in [-0.2, 0) is 11.8 Å². The maximum Gasteiger partial charge on any atom is 0.136 e. The van der Waals surface area contributed by atoms with Gasteiger partial charge in [0.25, 0.3) is 0 Å². The summed E-state index contributed by atoms with van der Waals surface area (Å²) in [5, 5.41) is 9.19. The van der Waals surface area contributed by atoms with E-state index in [4.69, 9.17) is 11.5 Å². The van der Waals surface area contributed by atoms with Crippen molar-refractivity contribution in [2.24, 2.45) is 16.6 Å². The zero-order chi connectivity index (χ0) is 16.9. The molecule has 0 radical (unpaired) electrons. The quantitative estimate of drug-likeness (QED) is 0.392. The average Bonchev–Trinajstić information content (AvgIpc) is 3.36. The van der Waals surface area contributed by atoms with Crippen LogP contribution < -0.4 is 11.5 Å². The Morgan fingerprint density at radius 3 is 2.67 bits per heavy atom. The molecule has 4 nitrogen and oxygen atoms in total. The first-order chi connectivity index (χ1) is 11.6. The number of aliphatic hydroxyl groups is 1. The highest BCUT2D eigenvalue weighted by atomic mass is 16.3. The number of aliphatic hydroxyl groups excluding tert-OH is 1. The third-order valence-corrected chi connectivity index (χ3v) is 5.76. The molecule has 0 spiro atoms. The van der Waals surface area contributed by atoms with Crippen LogP contribution in [0.2, 0.25) is 0 Å². The molecule has 5 N–H and O–H groups in total. The number of benzene rings is 2. The van der Waals surface area contributed by atoms with Crippen LogP contribution in [-0.4, -0.2) is 17.7 Å². The molecule has 1 saturated carbocycles. The summed E-state index contributed by atoms with van der Waals surface area (Å²) < 4.78 is 0. The van der Waals surface area contributed by atoms with Crippen molar-refractivity contribution in [1.29, 1.82) is 0 Å². The molecule has 2 aromatic rings. The monoisotopic (exact) mass is 321 g/mol. The van der Waals surface area contributed by atoms with Gasteiger partial charge in [-0.15, -0.1) is 0 Å². The van der Waals surface area contributed by atoms with Gasteiger partial charge in [-0.1, -0.05) is 36.4 Å². The minimum Gasteiger partial charge on any atom is -0.398 e. The van der Waals surface area contributed by atoms with Crippen molar-refractivity contribution in [1.82, 2.24) is 0 Å². The number of fused-ring (bicyclic) bond motifs is 3. The molecule has 2 aliphatic carbocycles. The Balaban J connectivity index is 1.86. The fourth-order valence-electron chi connectivity index (χ4n) is 4.16. The van der Waals surface area contributed by atoms with Crippen molar-refractivity contribution >= 4 is 11.5 Å². The van der Waals surface area contributed by atoms with Gasteiger partial charge < -0.3 is 16.6 Å². The fourth-order valence-corrected chi connectivity index (χ4v) is 4.16. The number of rotatable bonds is 4. The summed E-state index contributed by atoms with van der Waals surface area (Å²) in [7, 11) is 0. The molecule has 1 atom stereocenters. The van der Waals surface area contributed by atoms with Crippen LogP contribution in [0.25, 0.3) is 11.1 Å². The molecular weight excluding hydrogens is 298 g/mol. The van der Waals surface area contributed by atoms with E-state index < -0.39 is 5.41 Å². The summed E-state index contributed by atoms with van der Waals surface area (Å²) in [5.41, 5.74) is 19.4. The van der Waals surface area contributed by atoms with E-state index >= 15 is 0 Å². The number of hydrogen-bond acceptors (Lipinski definition) is 3. The Labute approximate surface area is 142 Å². The number of aliphatic imine (C=N–C) groups is 1. The molecule has 0 heterocycles. The Morgan fingerprint density at radius 1 is 1.21 bits per heavy atom. The topological polar surface area (TPSA) is 84.6 Å². The lowest BCUT2D eigenvalue weighted by Crippen LogP contribution is -2.41. The highest BCUT2D eigenvalue weighted by Gasteiger charge is 2.47. The lowest BCUT2D eigenvalue weighted by Gasteiger charge is -2.32. The Bertz CT molecular complexity index is 839. The Morgan fingerprint density at radius 2 is 1.96 bits per heavy atom. The van der Waals surface area contributed by atoms with Gasteiger partial charge in [-0.05, 0) is 53.5 Å². The van der Waals surface area contributed by atoms with E-state index in [1.165, 1.54) is 22.3 Å². The van der Waals surface area contributed by atoms with Crippen LogP contribution in [0.1, 0.15) is 36.5 Å². The third kappa shape index (κ3) is 2.06. The lowest BCUT2D eigenvalue weighted by molar-refractivity contribution is 0.307. The molecule has 4 heteroatoms. The van der Waals surface area contributed by atoms with E-state index in [0.717, 1.165) is 30.5 Å². The number of hydrogen-bond donors (Lipinski definition) is 3. The van der Waals surface area contributed by atoms with Gasteiger partial charge in [-0.3, -0.25) is 0 Å². The van der Waals surface area contributed by atoms with Gasteiger partial charge in [-0.2, -0.15) is 0 Å². The second-order valence-corrected chi connectivity index (χ2v) is 7.05. The second kappa shape index (κ2) is 5.35. The molecule has 4 rings (SSSR count). The Kier molecular flexibility index (Phi) is 3.39. The van der Waals surface area contributed by atoms with E-state index in [-0.39, 0.29) is 6.73 Å². The van der Waals surface area contributed by atoms with Crippen LogP contribution in [0, 0.1) is 5.92 Å². The third-order valence-electron chi connectivity index (χ3n) is 5.76. The van der Waals surface area contributed by atoms with Crippen molar-refractivity contribution < 1.29 is 5.11 Å². The number of nitrogens with two attached hydrogens (primary N) is 2. The molecule has 24 heavy (non-hydrogen) atoms. The zero-order valence-corrected chi connectivity index (χ0v) is 13.9. The molecule has 0 bridgehead atoms. The van der Waals surface area contributed by atoms with E-state index in [1.807, 2.05) is 0 Å². The SMILES string of the molecule is CC(C(N)=NCO)(c1ccc2c(c1N)Cc1ccccc1-2)C1CC1. The Hall–Kier alpha value is -2.33. The lowest BCUT2D eigenvalue weighted by atomic mass is 9.74. The van der Waals surface area contributed by atoms with E-state index in [9.17, 15) is 5.11 Å². The van der Waals surface area contributed by atoms with Gasteiger partial charge in [0.15, 0.2) is 0 Å². The van der Waals surface area contributed by atoms with Crippen molar-refractivity contribution in [3.8, 4) is 11.1 Å². The molecule has 0 amide bonds. The van der Waals surface area contributed by atoms with Crippen molar-refractivity contribution in [2.45, 2.75) is 31.6 Å². The highest BCUT2D eigenvalue weighted by Crippen LogP contribution is 2.51. The first-order valence-electron chi connectivity index (χ1n) is 8.48. The number of nitrogen functional groups attached to an aromatic ring is 1. The summed E-state index contributed by atoms with van der Waals surface area (Å²) in [6, 6.07) is 12.7. The molecule has 0 aliphatic heterocycles. The number of nitrogens with zero attached hydrogens (tertiary/aromatic N) is 1. The van der Waals surface area contributed by atoms with Gasteiger partial charge >= 0.3 is 0 Å². The zero-order valence-electron chi connectivity index (χ0n) is 13.9. The van der Waals surface area contributed by atoms with Gasteiger partial charge in [0, 0.05) is 12.1 Å². The molecule has 124 valence electrons. The van der Waals surface area contributed by atoms with Crippen molar-refractivity contribution in [2.75, 3.05) is 12.5 Å². The molecule has 2 aromatic carbocycles. The maximum atomic E-state index is 9.19. The summed E-state index contributed by atoms with van der Waals surface area (Å²) in [6.45, 7) is 1.82. The van der Waals surface area contributed by atoms with E-state index in [1.54, 1.807) is 0 Å². The average molecular weight is 321 g/mol. The fraction of sp³-hybridized carbons (Fsp3) is 0.350. The molecular formula is C20H23N3O. The predicted molar refractivity (Wildman–Crippen MR) is 97.9 cm³/mol. The van der Waals surface area contributed by atoms with Gasteiger partial charge in [0.05, 0.1) is 5.41 Å². The first-order valence-corrected chi connectivity index (χ1v) is 8.48. The first kappa shape index (κ1) is 15.2. The standard InChI is InChI=1S/C20H23N3O/c1-20(13-6-7-13,19(22)23-11-24)17-9-8-15-14-5-3-2-4-12(14)10-16(15)18(17)21/h2-5,8-9,13,24H,6-7,10-11,21H2,1H3,(H2,22,23). The highest BCUT2D eigenvalue weighted by molar-refractivity contribution is 5.95. The number of anilines is 1. The maximum absolute atomic E-state index is 9.19. The van der Waals surface area contributed by atoms with Gasteiger partial charge in [0.1, 0.15) is 12.6 Å². The summed E-state index contributed by atoms with van der Waals surface area (Å²) >= 11 is 0. The molecule has 1 fully saturated rings. The van der Waals surface area contributed by atoms with E-state index in [0.29, 0.717) is 11.8 Å². The summed E-state index contributed by atoms with van der Waals surface area (Å²) in [4.78, 5) is 4.10. The van der Waals surface area contributed by atoms with Gasteiger partial charge in [-0.25, -0.2) is 4.99 Å². The molecule has 0 saturated heterocycles. The van der Waals surface area contributed by atoms with Gasteiger partial charge in [0.2, 0.25) is 0 Å². The molecule has 1 unspecified atom stereocenters. The normalized spacial score (nSPS) is 18.8.